The minimum Gasteiger partial charge on any atom is -0.456 e. The number of ether oxygens (including phenoxy) is 3. The first-order valence-electron chi connectivity index (χ1n) is 6.64. The monoisotopic (exact) mass is 346 g/mol. The average Bonchev–Trinajstić information content (AvgIpc) is 2.54. The van der Waals surface area contributed by atoms with Crippen LogP contribution in [0.4, 0.5) is 9.59 Å². The van der Waals surface area contributed by atoms with Crippen LogP contribution in [0.2, 0.25) is 0 Å². The first-order chi connectivity index (χ1) is 11.9. The standard InChI is InChI=1S/C16H10O9/c17-13(24-15(19)20)9-4-3-5-10(8-9)23-12-7-2-1-6-11(12)14(18)25-16(21)22/h1-8H,(H,19,20)(H,21,22). The van der Waals surface area contributed by atoms with Crippen molar-refractivity contribution < 1.29 is 43.6 Å². The van der Waals surface area contributed by atoms with Crippen LogP contribution in [-0.4, -0.2) is 34.5 Å². The van der Waals surface area contributed by atoms with Crippen LogP contribution in [0.1, 0.15) is 20.7 Å². The molecule has 0 amide bonds. The fourth-order valence-electron chi connectivity index (χ4n) is 1.81. The van der Waals surface area contributed by atoms with Gasteiger partial charge in [-0.15, -0.1) is 0 Å². The van der Waals surface area contributed by atoms with Crippen molar-refractivity contribution in [3.63, 3.8) is 0 Å². The molecule has 2 aromatic rings. The summed E-state index contributed by atoms with van der Waals surface area (Å²) in [5, 5.41) is 17.0. The molecule has 0 aliphatic carbocycles. The van der Waals surface area contributed by atoms with E-state index >= 15 is 0 Å². The van der Waals surface area contributed by atoms with Crippen LogP contribution in [-0.2, 0) is 9.47 Å². The lowest BCUT2D eigenvalue weighted by atomic mass is 10.2. The lowest BCUT2D eigenvalue weighted by Crippen LogP contribution is -2.11. The van der Waals surface area contributed by atoms with Crippen molar-refractivity contribution in [2.45, 2.75) is 0 Å². The van der Waals surface area contributed by atoms with Crippen molar-refractivity contribution in [3.05, 3.63) is 59.7 Å². The maximum absolute atomic E-state index is 11.7. The first-order valence-corrected chi connectivity index (χ1v) is 6.64. The summed E-state index contributed by atoms with van der Waals surface area (Å²) >= 11 is 0. The molecule has 128 valence electrons. The number of rotatable bonds is 4. The summed E-state index contributed by atoms with van der Waals surface area (Å²) < 4.78 is 13.6. The Kier molecular flexibility index (Phi) is 5.31. The van der Waals surface area contributed by atoms with E-state index in [1.807, 2.05) is 0 Å². The van der Waals surface area contributed by atoms with Gasteiger partial charge in [-0.2, -0.15) is 0 Å². The van der Waals surface area contributed by atoms with E-state index in [9.17, 15) is 19.2 Å². The normalized spacial score (nSPS) is 9.76. The summed E-state index contributed by atoms with van der Waals surface area (Å²) in [4.78, 5) is 44.2. The van der Waals surface area contributed by atoms with Gasteiger partial charge in [0.05, 0.1) is 5.56 Å². The van der Waals surface area contributed by atoms with Gasteiger partial charge in [-0.25, -0.2) is 19.2 Å². The lowest BCUT2D eigenvalue weighted by molar-refractivity contribution is 0.0488. The summed E-state index contributed by atoms with van der Waals surface area (Å²) in [6.45, 7) is 0. The Morgan fingerprint density at radius 1 is 0.760 bits per heavy atom. The quantitative estimate of drug-likeness (QED) is 0.631. The highest BCUT2D eigenvalue weighted by Gasteiger charge is 2.18. The van der Waals surface area contributed by atoms with Gasteiger partial charge in [0.2, 0.25) is 0 Å². The Labute approximate surface area is 140 Å². The predicted molar refractivity (Wildman–Crippen MR) is 79.8 cm³/mol. The molecule has 9 nitrogen and oxygen atoms in total. The third-order valence-corrected chi connectivity index (χ3v) is 2.76. The summed E-state index contributed by atoms with van der Waals surface area (Å²) in [6.07, 6.45) is -3.52. The number of benzene rings is 2. The molecule has 0 spiro atoms. The highest BCUT2D eigenvalue weighted by molar-refractivity contribution is 5.97. The third-order valence-electron chi connectivity index (χ3n) is 2.76. The minimum atomic E-state index is -1.77. The Balaban J connectivity index is 2.26. The van der Waals surface area contributed by atoms with Crippen molar-refractivity contribution in [1.82, 2.24) is 0 Å². The Morgan fingerprint density at radius 3 is 2.08 bits per heavy atom. The first kappa shape index (κ1) is 17.5. The molecule has 9 heteroatoms. The number of carbonyl (C=O) groups excluding carboxylic acids is 2. The van der Waals surface area contributed by atoms with Crippen LogP contribution in [0.25, 0.3) is 0 Å². The zero-order valence-electron chi connectivity index (χ0n) is 12.4. The van der Waals surface area contributed by atoms with Crippen LogP contribution < -0.4 is 4.74 Å². The second kappa shape index (κ2) is 7.59. The number of carbonyl (C=O) groups is 4. The molecule has 0 aliphatic heterocycles. The lowest BCUT2D eigenvalue weighted by Gasteiger charge is -2.10. The zero-order chi connectivity index (χ0) is 18.4. The average molecular weight is 346 g/mol. The largest absolute Gasteiger partial charge is 0.513 e. The summed E-state index contributed by atoms with van der Waals surface area (Å²) in [7, 11) is 0. The third kappa shape index (κ3) is 4.79. The van der Waals surface area contributed by atoms with E-state index in [0.29, 0.717) is 0 Å². The van der Waals surface area contributed by atoms with E-state index in [-0.39, 0.29) is 22.6 Å². The van der Waals surface area contributed by atoms with Crippen LogP contribution in [0.3, 0.4) is 0 Å². The van der Waals surface area contributed by atoms with Gasteiger partial charge in [0, 0.05) is 0 Å². The number of esters is 2. The van der Waals surface area contributed by atoms with Crippen molar-refractivity contribution in [1.29, 1.82) is 0 Å². The molecule has 2 N–H and O–H groups in total. The van der Waals surface area contributed by atoms with Gasteiger partial charge in [-0.3, -0.25) is 0 Å². The second-order valence-corrected chi connectivity index (χ2v) is 4.44. The molecular weight excluding hydrogens is 336 g/mol. The van der Waals surface area contributed by atoms with E-state index in [0.717, 1.165) is 0 Å². The molecule has 0 saturated heterocycles. The van der Waals surface area contributed by atoms with Crippen molar-refractivity contribution >= 4 is 24.2 Å². The van der Waals surface area contributed by atoms with Gasteiger partial charge in [0.25, 0.3) is 0 Å². The van der Waals surface area contributed by atoms with Crippen molar-refractivity contribution in [2.75, 3.05) is 0 Å². The fourth-order valence-corrected chi connectivity index (χ4v) is 1.81. The highest BCUT2D eigenvalue weighted by Crippen LogP contribution is 2.26. The molecule has 2 aromatic carbocycles. The number of carboxylic acid groups (broad SMARTS) is 2. The Bertz CT molecular complexity index is 841. The molecule has 0 aromatic heterocycles. The number of hydrogen-bond donors (Lipinski definition) is 2. The van der Waals surface area contributed by atoms with Crippen molar-refractivity contribution in [2.24, 2.45) is 0 Å². The van der Waals surface area contributed by atoms with Crippen molar-refractivity contribution in [3.8, 4) is 11.5 Å². The Hall–Kier alpha value is -3.88. The molecule has 0 aliphatic rings. The maximum Gasteiger partial charge on any atom is 0.513 e. The summed E-state index contributed by atoms with van der Waals surface area (Å²) in [6, 6.07) is 11.1. The molecule has 25 heavy (non-hydrogen) atoms. The topological polar surface area (TPSA) is 136 Å². The molecule has 2 rings (SSSR count). The number of para-hydroxylation sites is 1. The highest BCUT2D eigenvalue weighted by atomic mass is 16.7. The van der Waals surface area contributed by atoms with Gasteiger partial charge in [-0.1, -0.05) is 18.2 Å². The molecule has 0 atom stereocenters. The van der Waals surface area contributed by atoms with Gasteiger partial charge in [0.1, 0.15) is 17.1 Å². The minimum absolute atomic E-state index is 0.0162. The summed E-state index contributed by atoms with van der Waals surface area (Å²) in [5.41, 5.74) is -0.242. The molecule has 0 unspecified atom stereocenters. The van der Waals surface area contributed by atoms with Gasteiger partial charge in [-0.05, 0) is 30.3 Å². The van der Waals surface area contributed by atoms with E-state index < -0.39 is 24.2 Å². The maximum atomic E-state index is 11.7. The second-order valence-electron chi connectivity index (χ2n) is 4.44. The van der Waals surface area contributed by atoms with Crippen LogP contribution in [0, 0.1) is 0 Å². The molecule has 0 bridgehead atoms. The fraction of sp³-hybridized carbons (Fsp3) is 0. The van der Waals surface area contributed by atoms with E-state index in [2.05, 4.69) is 9.47 Å². The number of hydrogen-bond acceptors (Lipinski definition) is 7. The SMILES string of the molecule is O=C(O)OC(=O)c1cccc(Oc2ccccc2C(=O)OC(=O)O)c1. The van der Waals surface area contributed by atoms with Crippen LogP contribution in [0.5, 0.6) is 11.5 Å². The molecule has 0 radical (unpaired) electrons. The van der Waals surface area contributed by atoms with Crippen LogP contribution in [0.15, 0.2) is 48.5 Å². The Morgan fingerprint density at radius 2 is 1.40 bits per heavy atom. The smallest absolute Gasteiger partial charge is 0.456 e. The van der Waals surface area contributed by atoms with Gasteiger partial charge in [0.15, 0.2) is 0 Å². The molecular formula is C16H10O9. The molecule has 0 heterocycles. The summed E-state index contributed by atoms with van der Waals surface area (Å²) in [5.74, 6) is -2.16. The van der Waals surface area contributed by atoms with E-state index in [1.54, 1.807) is 0 Å². The van der Waals surface area contributed by atoms with Gasteiger partial charge < -0.3 is 24.4 Å². The molecule has 0 fully saturated rings. The van der Waals surface area contributed by atoms with Crippen LogP contribution >= 0.6 is 0 Å². The predicted octanol–water partition coefficient (Wildman–Crippen LogP) is 3.15. The van der Waals surface area contributed by atoms with E-state index in [4.69, 9.17) is 14.9 Å². The zero-order valence-corrected chi connectivity index (χ0v) is 12.4. The van der Waals surface area contributed by atoms with E-state index in [1.165, 1.54) is 48.5 Å². The molecule has 0 saturated carbocycles. The van der Waals surface area contributed by atoms with Gasteiger partial charge >= 0.3 is 24.2 Å².